The predicted octanol–water partition coefficient (Wildman–Crippen LogP) is 23.5. The summed E-state index contributed by atoms with van der Waals surface area (Å²) in [7, 11) is 1.16. The topological polar surface area (TPSA) is 111 Å². The van der Waals surface area contributed by atoms with Crippen molar-refractivity contribution in [2.45, 2.75) is 302 Å². The lowest BCUT2D eigenvalue weighted by molar-refractivity contribution is -0.870. The highest BCUT2D eigenvalue weighted by Crippen LogP contribution is 2.38. The van der Waals surface area contributed by atoms with Gasteiger partial charge in [0.25, 0.3) is 7.82 Å². The van der Waals surface area contributed by atoms with E-state index in [2.05, 4.69) is 160 Å². The quantitative estimate of drug-likeness (QED) is 0.0195. The summed E-state index contributed by atoms with van der Waals surface area (Å²) in [6, 6.07) is 0. The number of rotatable bonds is 66. The Morgan fingerprint density at radius 2 is 0.600 bits per heavy atom. The zero-order valence-electron chi connectivity index (χ0n) is 58.5. The number of esters is 2. The summed E-state index contributed by atoms with van der Waals surface area (Å²) in [6.07, 6.45) is 102. The van der Waals surface area contributed by atoms with Gasteiger partial charge in [-0.25, -0.2) is 0 Å². The van der Waals surface area contributed by atoms with Gasteiger partial charge in [0.15, 0.2) is 6.10 Å². The first-order valence-corrected chi connectivity index (χ1v) is 38.0. The molecule has 10 heteroatoms. The highest BCUT2D eigenvalue weighted by Gasteiger charge is 2.22. The third-order valence-corrected chi connectivity index (χ3v) is 16.3. The van der Waals surface area contributed by atoms with Crippen molar-refractivity contribution in [3.63, 3.8) is 0 Å². The monoisotopic (exact) mass is 1270 g/mol. The number of hydrogen-bond donors (Lipinski definition) is 0. The molecule has 514 valence electrons. The Morgan fingerprint density at radius 3 is 0.889 bits per heavy atom. The predicted molar refractivity (Wildman–Crippen MR) is 387 cm³/mol. The van der Waals surface area contributed by atoms with Gasteiger partial charge in [0.1, 0.15) is 19.8 Å². The molecular formula is C80H136NO8P. The molecule has 0 radical (unpaired) electrons. The molecular weight excluding hydrogens is 1130 g/mol. The Labute approximate surface area is 554 Å². The van der Waals surface area contributed by atoms with Crippen LogP contribution in [0.25, 0.3) is 0 Å². The molecule has 0 aliphatic rings. The average molecular weight is 1270 g/mol. The van der Waals surface area contributed by atoms with Crippen LogP contribution >= 0.6 is 7.82 Å². The van der Waals surface area contributed by atoms with Crippen molar-refractivity contribution in [3.8, 4) is 0 Å². The SMILES string of the molecule is CC/C=C\C/C=C\C/C=C\C/C=C\C/C=C\C/C=C\C/C=C\CCCCCCCCCCCCCC(=O)OC(COC(=O)CCCCCCCCCCCCCCCCCCC/C=C\C/C=C\C/C=C\C/C=C\C/C=C\CC)COP(=O)([O-])OCC[N+](C)(C)C. The Hall–Kier alpha value is -4.11. The largest absolute Gasteiger partial charge is 0.756 e. The molecule has 0 saturated carbocycles. The van der Waals surface area contributed by atoms with E-state index >= 15 is 0 Å². The van der Waals surface area contributed by atoms with Gasteiger partial charge in [0.05, 0.1) is 27.7 Å². The van der Waals surface area contributed by atoms with Gasteiger partial charge >= 0.3 is 11.9 Å². The molecule has 90 heavy (non-hydrogen) atoms. The minimum atomic E-state index is -4.65. The lowest BCUT2D eigenvalue weighted by atomic mass is 10.0. The molecule has 0 aliphatic carbocycles. The van der Waals surface area contributed by atoms with Gasteiger partial charge < -0.3 is 27.9 Å². The number of likely N-dealkylation sites (N-methyl/N-ethyl adjacent to an activating group) is 1. The zero-order chi connectivity index (χ0) is 65.5. The van der Waals surface area contributed by atoms with Gasteiger partial charge in [0, 0.05) is 12.8 Å². The van der Waals surface area contributed by atoms with Gasteiger partial charge in [-0.2, -0.15) is 0 Å². The van der Waals surface area contributed by atoms with Crippen LogP contribution in [0.1, 0.15) is 296 Å². The summed E-state index contributed by atoms with van der Waals surface area (Å²) >= 11 is 0. The minimum Gasteiger partial charge on any atom is -0.756 e. The van der Waals surface area contributed by atoms with E-state index in [1.54, 1.807) is 0 Å². The Morgan fingerprint density at radius 1 is 0.344 bits per heavy atom. The summed E-state index contributed by atoms with van der Waals surface area (Å²) in [4.78, 5) is 38.1. The second-order valence-electron chi connectivity index (χ2n) is 25.2. The normalized spacial score (nSPS) is 14.0. The fraction of sp³-hybridized carbons (Fsp3) is 0.675. The number of ether oxygens (including phenoxy) is 2. The van der Waals surface area contributed by atoms with Crippen LogP contribution in [0, 0.1) is 0 Å². The molecule has 0 aromatic carbocycles. The van der Waals surface area contributed by atoms with E-state index in [4.69, 9.17) is 18.5 Å². The van der Waals surface area contributed by atoms with Crippen molar-refractivity contribution in [3.05, 3.63) is 146 Å². The van der Waals surface area contributed by atoms with E-state index in [1.807, 2.05) is 21.1 Å². The molecule has 0 saturated heterocycles. The number of allylic oxidation sites excluding steroid dienone is 24. The molecule has 0 rings (SSSR count). The number of carbonyl (C=O) groups excluding carboxylic acids is 2. The van der Waals surface area contributed by atoms with E-state index in [1.165, 1.54) is 141 Å². The average Bonchev–Trinajstić information content (AvgIpc) is 3.58. The lowest BCUT2D eigenvalue weighted by Gasteiger charge is -2.28. The van der Waals surface area contributed by atoms with Crippen molar-refractivity contribution in [2.75, 3.05) is 47.5 Å². The molecule has 0 aromatic rings. The third-order valence-electron chi connectivity index (χ3n) is 15.4. The van der Waals surface area contributed by atoms with Crippen molar-refractivity contribution < 1.29 is 42.1 Å². The first kappa shape index (κ1) is 85.9. The molecule has 2 atom stereocenters. The maximum atomic E-state index is 12.9. The molecule has 9 nitrogen and oxygen atoms in total. The number of nitrogens with zero attached hydrogens (tertiary/aromatic N) is 1. The van der Waals surface area contributed by atoms with Crippen molar-refractivity contribution in [1.29, 1.82) is 0 Å². The fourth-order valence-electron chi connectivity index (χ4n) is 9.84. The van der Waals surface area contributed by atoms with E-state index in [-0.39, 0.29) is 32.0 Å². The number of phosphoric acid groups is 1. The maximum Gasteiger partial charge on any atom is 0.306 e. The molecule has 0 N–H and O–H groups in total. The maximum absolute atomic E-state index is 12.9. The second kappa shape index (κ2) is 69.2. The van der Waals surface area contributed by atoms with Crippen LogP contribution in [-0.2, 0) is 32.7 Å². The van der Waals surface area contributed by atoms with E-state index < -0.39 is 26.5 Å². The van der Waals surface area contributed by atoms with Gasteiger partial charge in [-0.05, 0) is 116 Å². The van der Waals surface area contributed by atoms with Crippen LogP contribution in [0.15, 0.2) is 146 Å². The second-order valence-corrected chi connectivity index (χ2v) is 26.6. The highest BCUT2D eigenvalue weighted by molar-refractivity contribution is 7.45. The molecule has 2 unspecified atom stereocenters. The summed E-state index contributed by atoms with van der Waals surface area (Å²) in [5.41, 5.74) is 0. The van der Waals surface area contributed by atoms with E-state index in [0.717, 1.165) is 122 Å². The summed E-state index contributed by atoms with van der Waals surface area (Å²) in [6.45, 7) is 4.02. The molecule has 0 bridgehead atoms. The lowest BCUT2D eigenvalue weighted by Crippen LogP contribution is -2.37. The standard InChI is InChI=1S/C80H136NO8P/c1-6-8-10-12-14-16-18-20-22-24-26-28-30-32-34-36-38-40-42-44-46-48-50-52-54-56-58-60-62-64-66-68-70-72-79(82)86-76-78(77-88-90(84,85)87-75-74-81(3,4)5)89-80(83)73-71-69-67-65-63-61-59-57-55-53-51-49-47-45-43-41-39-37-35-33-31-29-27-25-23-21-19-17-15-13-11-9-7-2/h8-11,14-17,20-23,26-29,32-35,39,41,45,47,78H,6-7,12-13,18-19,24-25,30-31,36-38,40,42-44,46,48-77H2,1-5H3/b10-8-,11-9-,16-14-,17-15-,22-20-,23-21-,28-26-,29-27-,34-32-,35-33-,41-39-,47-45-. The molecule has 0 spiro atoms. The van der Waals surface area contributed by atoms with Crippen molar-refractivity contribution >= 4 is 19.8 Å². The molecule has 0 fully saturated rings. The van der Waals surface area contributed by atoms with Gasteiger partial charge in [-0.1, -0.05) is 314 Å². The van der Waals surface area contributed by atoms with Gasteiger partial charge in [-0.3, -0.25) is 14.2 Å². The number of unbranched alkanes of at least 4 members (excludes halogenated alkanes) is 28. The van der Waals surface area contributed by atoms with E-state index in [0.29, 0.717) is 17.4 Å². The van der Waals surface area contributed by atoms with Crippen LogP contribution in [0.3, 0.4) is 0 Å². The van der Waals surface area contributed by atoms with E-state index in [9.17, 15) is 19.0 Å². The number of hydrogen-bond acceptors (Lipinski definition) is 8. The first-order chi connectivity index (χ1) is 44.0. The summed E-state index contributed by atoms with van der Waals surface area (Å²) < 4.78 is 34.4. The van der Waals surface area contributed by atoms with Crippen LogP contribution in [0.5, 0.6) is 0 Å². The Balaban J connectivity index is 4.06. The van der Waals surface area contributed by atoms with Crippen LogP contribution in [0.2, 0.25) is 0 Å². The molecule has 0 heterocycles. The molecule has 0 aromatic heterocycles. The highest BCUT2D eigenvalue weighted by atomic mass is 31.2. The zero-order valence-corrected chi connectivity index (χ0v) is 59.4. The van der Waals surface area contributed by atoms with Gasteiger partial charge in [0.2, 0.25) is 0 Å². The molecule has 0 aliphatic heterocycles. The van der Waals surface area contributed by atoms with Crippen LogP contribution in [-0.4, -0.2) is 70.0 Å². The molecule has 0 amide bonds. The van der Waals surface area contributed by atoms with Crippen LogP contribution in [0.4, 0.5) is 0 Å². The minimum absolute atomic E-state index is 0.0367. The number of phosphoric ester groups is 1. The van der Waals surface area contributed by atoms with Gasteiger partial charge in [-0.15, -0.1) is 0 Å². The summed E-state index contributed by atoms with van der Waals surface area (Å²) in [5.74, 6) is -0.835. The van der Waals surface area contributed by atoms with Crippen molar-refractivity contribution in [1.82, 2.24) is 0 Å². The van der Waals surface area contributed by atoms with Crippen molar-refractivity contribution in [2.24, 2.45) is 0 Å². The first-order valence-electron chi connectivity index (χ1n) is 36.5. The Bertz CT molecular complexity index is 2030. The summed E-state index contributed by atoms with van der Waals surface area (Å²) in [5, 5.41) is 0. The van der Waals surface area contributed by atoms with Crippen LogP contribution < -0.4 is 4.89 Å². The number of carbonyl (C=O) groups is 2. The number of quaternary nitrogens is 1. The fourth-order valence-corrected chi connectivity index (χ4v) is 10.6. The third kappa shape index (κ3) is 72.9. The smallest absolute Gasteiger partial charge is 0.306 e. The Kier molecular flexibility index (Phi) is 66.1.